The minimum absolute atomic E-state index is 0.135. The van der Waals surface area contributed by atoms with E-state index in [-0.39, 0.29) is 16.7 Å². The van der Waals surface area contributed by atoms with Gasteiger partial charge in [-0.3, -0.25) is 0 Å². The molecule has 0 aromatic heterocycles. The van der Waals surface area contributed by atoms with Crippen molar-refractivity contribution in [1.29, 1.82) is 0 Å². The fraction of sp³-hybridized carbons (Fsp3) is 0.500. The molecule has 1 rings (SSSR count). The molecule has 0 radical (unpaired) electrons. The third-order valence-corrected chi connectivity index (χ3v) is 3.79. The Hall–Kier alpha value is -2.49. The molecule has 9 heteroatoms. The summed E-state index contributed by atoms with van der Waals surface area (Å²) in [7, 11) is 0. The van der Waals surface area contributed by atoms with Gasteiger partial charge in [0.25, 0.3) is 5.79 Å². The van der Waals surface area contributed by atoms with Crippen molar-refractivity contribution in [2.45, 2.75) is 57.4 Å². The second-order valence-corrected chi connectivity index (χ2v) is 6.57. The summed E-state index contributed by atoms with van der Waals surface area (Å²) in [5.41, 5.74) is -0.426. The summed E-state index contributed by atoms with van der Waals surface area (Å²) in [5.74, 6) is -9.16. The van der Waals surface area contributed by atoms with Gasteiger partial charge in [0.15, 0.2) is 0 Å². The molecule has 0 aromatic carbocycles. The van der Waals surface area contributed by atoms with E-state index >= 15 is 0 Å². The fourth-order valence-electron chi connectivity index (χ4n) is 2.34. The number of carbonyl (C=O) groups excluding carboxylic acids is 3. The van der Waals surface area contributed by atoms with Crippen LogP contribution in [-0.2, 0) is 28.6 Å². The van der Waals surface area contributed by atoms with Crippen LogP contribution in [0.15, 0.2) is 36.5 Å². The molecule has 27 heavy (non-hydrogen) atoms. The van der Waals surface area contributed by atoms with E-state index in [0.29, 0.717) is 0 Å². The van der Waals surface area contributed by atoms with E-state index in [0.717, 1.165) is 0 Å². The molecule has 150 valence electrons. The van der Waals surface area contributed by atoms with Crippen LogP contribution in [-0.4, -0.2) is 57.0 Å². The number of aliphatic hydroxyl groups is 3. The normalized spacial score (nSPS) is 26.4. The fourth-order valence-corrected chi connectivity index (χ4v) is 2.34. The van der Waals surface area contributed by atoms with Crippen LogP contribution in [0, 0.1) is 0 Å². The van der Waals surface area contributed by atoms with Gasteiger partial charge in [-0.05, 0) is 20.8 Å². The van der Waals surface area contributed by atoms with Crippen molar-refractivity contribution in [2.75, 3.05) is 0 Å². The van der Waals surface area contributed by atoms with E-state index in [1.54, 1.807) is 0 Å². The Morgan fingerprint density at radius 3 is 1.59 bits per heavy atom. The van der Waals surface area contributed by atoms with Gasteiger partial charge in [-0.15, -0.1) is 0 Å². The van der Waals surface area contributed by atoms with Crippen LogP contribution in [0.1, 0.15) is 33.6 Å². The summed E-state index contributed by atoms with van der Waals surface area (Å²) in [5, 5.41) is 31.4. The number of esters is 3. The molecule has 0 aromatic rings. The number of hydrogen-bond donors (Lipinski definition) is 3. The van der Waals surface area contributed by atoms with Crippen molar-refractivity contribution in [2.24, 2.45) is 0 Å². The quantitative estimate of drug-likeness (QED) is 0.334. The number of carbonyl (C=O) groups is 3. The van der Waals surface area contributed by atoms with Crippen LogP contribution in [0.3, 0.4) is 0 Å². The van der Waals surface area contributed by atoms with Crippen molar-refractivity contribution in [3.8, 4) is 0 Å². The first-order chi connectivity index (χ1) is 12.3. The molecule has 0 aliphatic heterocycles. The Labute approximate surface area is 156 Å². The highest BCUT2D eigenvalue weighted by molar-refractivity contribution is 5.90. The minimum atomic E-state index is -2.91. The minimum Gasteiger partial charge on any atom is -0.421 e. The summed E-state index contributed by atoms with van der Waals surface area (Å²) >= 11 is 0. The van der Waals surface area contributed by atoms with E-state index in [4.69, 9.17) is 14.2 Å². The molecule has 0 amide bonds. The second-order valence-electron chi connectivity index (χ2n) is 6.57. The predicted octanol–water partition coefficient (Wildman–Crippen LogP) is 0.245. The highest BCUT2D eigenvalue weighted by atomic mass is 16.8. The Morgan fingerprint density at radius 1 is 0.852 bits per heavy atom. The lowest BCUT2D eigenvalue weighted by molar-refractivity contribution is -0.403. The van der Waals surface area contributed by atoms with Gasteiger partial charge in [-0.25, -0.2) is 14.4 Å². The maximum absolute atomic E-state index is 12.1. The van der Waals surface area contributed by atoms with Crippen molar-refractivity contribution in [3.63, 3.8) is 0 Å². The molecule has 9 nitrogen and oxygen atoms in total. The molecular formula is C18H24O9. The molecule has 0 bridgehead atoms. The molecule has 1 aliphatic rings. The van der Waals surface area contributed by atoms with Crippen molar-refractivity contribution in [1.82, 2.24) is 0 Å². The number of rotatable bonds is 6. The topological polar surface area (TPSA) is 140 Å². The second kappa shape index (κ2) is 8.03. The van der Waals surface area contributed by atoms with Gasteiger partial charge in [0.1, 0.15) is 6.10 Å². The largest absolute Gasteiger partial charge is 0.421 e. The van der Waals surface area contributed by atoms with Gasteiger partial charge in [0.05, 0.1) is 6.10 Å². The summed E-state index contributed by atoms with van der Waals surface area (Å²) in [6.45, 7) is 13.9. The standard InChI is InChI=1S/C18H24O9/c1-9(2)14(21)25-17(24)8-12(19)7-13(20)18(17,26-15(22)10(3)4)27-16(23)11(5)6/h12-13,19-20,24H,1,3,5,7-8H2,2,4,6H3. The maximum Gasteiger partial charge on any atom is 0.349 e. The van der Waals surface area contributed by atoms with Crippen LogP contribution in [0.2, 0.25) is 0 Å². The molecule has 0 spiro atoms. The Kier molecular flexibility index (Phi) is 6.71. The van der Waals surface area contributed by atoms with Crippen molar-refractivity contribution >= 4 is 17.9 Å². The lowest BCUT2D eigenvalue weighted by atomic mass is 9.82. The molecule has 3 N–H and O–H groups in total. The zero-order valence-corrected chi connectivity index (χ0v) is 15.5. The Morgan fingerprint density at radius 2 is 1.22 bits per heavy atom. The van der Waals surface area contributed by atoms with Gasteiger partial charge in [-0.2, -0.15) is 0 Å². The molecular weight excluding hydrogens is 360 g/mol. The monoisotopic (exact) mass is 384 g/mol. The summed E-state index contributed by atoms with van der Waals surface area (Å²) in [6.07, 6.45) is -4.45. The van der Waals surface area contributed by atoms with Gasteiger partial charge >= 0.3 is 23.7 Å². The summed E-state index contributed by atoms with van der Waals surface area (Å²) in [6, 6.07) is 0. The van der Waals surface area contributed by atoms with Crippen molar-refractivity contribution < 1.29 is 43.9 Å². The highest BCUT2D eigenvalue weighted by Gasteiger charge is 2.68. The highest BCUT2D eigenvalue weighted by Crippen LogP contribution is 2.43. The summed E-state index contributed by atoms with van der Waals surface area (Å²) < 4.78 is 15.1. The van der Waals surface area contributed by atoms with Crippen LogP contribution >= 0.6 is 0 Å². The van der Waals surface area contributed by atoms with Gasteiger partial charge < -0.3 is 29.5 Å². The van der Waals surface area contributed by atoms with Gasteiger partial charge in [0, 0.05) is 29.6 Å². The van der Waals surface area contributed by atoms with Gasteiger partial charge in [-0.1, -0.05) is 19.7 Å². The SMILES string of the molecule is C=C(C)C(=O)OC1(O)CC(O)CC(O)C1(OC(=O)C(=C)C)OC(=O)C(=C)C. The lowest BCUT2D eigenvalue weighted by Crippen LogP contribution is -2.71. The zero-order valence-electron chi connectivity index (χ0n) is 15.5. The molecule has 1 fully saturated rings. The first kappa shape index (κ1) is 22.6. The molecule has 3 unspecified atom stereocenters. The molecule has 1 aliphatic carbocycles. The molecule has 0 saturated heterocycles. The van der Waals surface area contributed by atoms with Crippen LogP contribution in [0.5, 0.6) is 0 Å². The van der Waals surface area contributed by atoms with Gasteiger partial charge in [0.2, 0.25) is 0 Å². The van der Waals surface area contributed by atoms with Crippen molar-refractivity contribution in [3.05, 3.63) is 36.5 Å². The number of aliphatic hydroxyl groups excluding tert-OH is 2. The molecule has 0 heterocycles. The Balaban J connectivity index is 3.56. The van der Waals surface area contributed by atoms with E-state index in [1.165, 1.54) is 20.8 Å². The van der Waals surface area contributed by atoms with E-state index < -0.39 is 54.5 Å². The van der Waals surface area contributed by atoms with Crippen LogP contribution in [0.4, 0.5) is 0 Å². The third-order valence-electron chi connectivity index (χ3n) is 3.79. The number of hydrogen-bond acceptors (Lipinski definition) is 9. The first-order valence-corrected chi connectivity index (χ1v) is 8.00. The van der Waals surface area contributed by atoms with Crippen LogP contribution < -0.4 is 0 Å². The molecule has 3 atom stereocenters. The van der Waals surface area contributed by atoms with E-state index in [2.05, 4.69) is 19.7 Å². The van der Waals surface area contributed by atoms with E-state index in [9.17, 15) is 29.7 Å². The average molecular weight is 384 g/mol. The number of ether oxygens (including phenoxy) is 3. The zero-order chi connectivity index (χ0) is 21.2. The molecule has 1 saturated carbocycles. The average Bonchev–Trinajstić information content (AvgIpc) is 2.51. The van der Waals surface area contributed by atoms with Crippen LogP contribution in [0.25, 0.3) is 0 Å². The van der Waals surface area contributed by atoms with E-state index in [1.807, 2.05) is 0 Å². The first-order valence-electron chi connectivity index (χ1n) is 8.00. The maximum atomic E-state index is 12.1. The third kappa shape index (κ3) is 4.62. The summed E-state index contributed by atoms with van der Waals surface area (Å²) in [4.78, 5) is 36.2. The predicted molar refractivity (Wildman–Crippen MR) is 91.6 cm³/mol. The smallest absolute Gasteiger partial charge is 0.349 e. The Bertz CT molecular complexity index is 665. The lowest BCUT2D eigenvalue weighted by Gasteiger charge is -2.49.